The van der Waals surface area contributed by atoms with Crippen LogP contribution in [-0.2, 0) is 4.79 Å². The van der Waals surface area contributed by atoms with Gasteiger partial charge in [-0.3, -0.25) is 4.79 Å². The highest BCUT2D eigenvalue weighted by Gasteiger charge is 2.18. The smallest absolute Gasteiger partial charge is 0.260 e. The van der Waals surface area contributed by atoms with E-state index in [-0.39, 0.29) is 18.3 Å². The molecule has 0 bridgehead atoms. The van der Waals surface area contributed by atoms with Gasteiger partial charge in [-0.1, -0.05) is 23.2 Å². The number of hydrogen-bond donors (Lipinski definition) is 2. The topological polar surface area (TPSA) is 50.4 Å². The average Bonchev–Trinajstić information content (AvgIpc) is 2.49. The van der Waals surface area contributed by atoms with Crippen LogP contribution in [0.25, 0.3) is 0 Å². The first-order chi connectivity index (χ1) is 10.1. The fourth-order valence-electron chi connectivity index (χ4n) is 2.29. The van der Waals surface area contributed by atoms with Crippen molar-refractivity contribution in [3.63, 3.8) is 0 Å². The van der Waals surface area contributed by atoms with E-state index in [0.717, 1.165) is 25.9 Å². The molecule has 1 aliphatic rings. The average molecular weight is 368 g/mol. The van der Waals surface area contributed by atoms with Gasteiger partial charge in [-0.2, -0.15) is 0 Å². The van der Waals surface area contributed by atoms with Crippen LogP contribution >= 0.6 is 35.6 Å². The molecule has 2 rings (SSSR count). The van der Waals surface area contributed by atoms with Gasteiger partial charge in [0.1, 0.15) is 5.75 Å². The number of nitrogens with one attached hydrogen (secondary N) is 2. The van der Waals surface area contributed by atoms with E-state index in [4.69, 9.17) is 27.9 Å². The van der Waals surface area contributed by atoms with Crippen LogP contribution < -0.4 is 15.4 Å². The lowest BCUT2D eigenvalue weighted by Gasteiger charge is -2.23. The molecule has 2 atom stereocenters. The highest BCUT2D eigenvalue weighted by atomic mass is 35.5. The standard InChI is InChI=1S/C15H20Cl2N2O2.ClH/c1-10(21-12-4-5-13(16)14(17)7-12)15(20)19-9-11-3-2-6-18-8-11;/h4-5,7,10-11,18H,2-3,6,8-9H2,1H3,(H,19,20);1H. The molecule has 4 nitrogen and oxygen atoms in total. The zero-order chi connectivity index (χ0) is 15.2. The summed E-state index contributed by atoms with van der Waals surface area (Å²) in [6.45, 7) is 4.43. The number of amides is 1. The predicted octanol–water partition coefficient (Wildman–Crippen LogP) is 3.30. The van der Waals surface area contributed by atoms with Gasteiger partial charge in [0.05, 0.1) is 10.0 Å². The third kappa shape index (κ3) is 5.84. The van der Waals surface area contributed by atoms with E-state index in [1.54, 1.807) is 25.1 Å². The second-order valence-electron chi connectivity index (χ2n) is 5.29. The Bertz CT molecular complexity index is 494. The Morgan fingerprint density at radius 1 is 1.45 bits per heavy atom. The molecule has 0 aromatic heterocycles. The van der Waals surface area contributed by atoms with E-state index in [1.165, 1.54) is 0 Å². The lowest BCUT2D eigenvalue weighted by Crippen LogP contribution is -2.42. The van der Waals surface area contributed by atoms with Crippen molar-refractivity contribution in [1.29, 1.82) is 0 Å². The first-order valence-electron chi connectivity index (χ1n) is 7.16. The lowest BCUT2D eigenvalue weighted by atomic mass is 10.00. The molecule has 0 aliphatic carbocycles. The maximum Gasteiger partial charge on any atom is 0.260 e. The molecule has 1 saturated heterocycles. The van der Waals surface area contributed by atoms with E-state index < -0.39 is 6.10 Å². The van der Waals surface area contributed by atoms with E-state index >= 15 is 0 Å². The van der Waals surface area contributed by atoms with Crippen molar-refractivity contribution in [3.05, 3.63) is 28.2 Å². The molecule has 1 aromatic rings. The number of carbonyl (C=O) groups is 1. The monoisotopic (exact) mass is 366 g/mol. The molecule has 1 aliphatic heterocycles. The van der Waals surface area contributed by atoms with Crippen molar-refractivity contribution < 1.29 is 9.53 Å². The molecular weight excluding hydrogens is 347 g/mol. The Kier molecular flexibility index (Phi) is 8.33. The summed E-state index contributed by atoms with van der Waals surface area (Å²) in [5.41, 5.74) is 0. The number of benzene rings is 1. The van der Waals surface area contributed by atoms with Gasteiger partial charge < -0.3 is 15.4 Å². The SMILES string of the molecule is CC(Oc1ccc(Cl)c(Cl)c1)C(=O)NCC1CCCNC1.Cl. The van der Waals surface area contributed by atoms with Gasteiger partial charge in [0.2, 0.25) is 0 Å². The molecule has 22 heavy (non-hydrogen) atoms. The van der Waals surface area contributed by atoms with Gasteiger partial charge in [-0.05, 0) is 50.9 Å². The normalized spacial score (nSPS) is 19.0. The molecule has 0 radical (unpaired) electrons. The summed E-state index contributed by atoms with van der Waals surface area (Å²) in [5, 5.41) is 7.14. The van der Waals surface area contributed by atoms with Crippen molar-refractivity contribution in [1.82, 2.24) is 10.6 Å². The number of halogens is 3. The van der Waals surface area contributed by atoms with Crippen molar-refractivity contribution in [3.8, 4) is 5.75 Å². The van der Waals surface area contributed by atoms with E-state index in [2.05, 4.69) is 10.6 Å². The summed E-state index contributed by atoms with van der Waals surface area (Å²) in [6, 6.07) is 4.96. The fourth-order valence-corrected chi connectivity index (χ4v) is 2.58. The number of ether oxygens (including phenoxy) is 1. The minimum Gasteiger partial charge on any atom is -0.481 e. The van der Waals surface area contributed by atoms with Crippen LogP contribution in [0.2, 0.25) is 10.0 Å². The van der Waals surface area contributed by atoms with E-state index in [9.17, 15) is 4.79 Å². The van der Waals surface area contributed by atoms with Crippen LogP contribution in [0.1, 0.15) is 19.8 Å². The van der Waals surface area contributed by atoms with Gasteiger partial charge in [0, 0.05) is 12.6 Å². The third-order valence-corrected chi connectivity index (χ3v) is 4.28. The molecule has 1 heterocycles. The minimum absolute atomic E-state index is 0. The van der Waals surface area contributed by atoms with E-state index in [1.807, 2.05) is 0 Å². The van der Waals surface area contributed by atoms with Crippen LogP contribution in [0.15, 0.2) is 18.2 Å². The quantitative estimate of drug-likeness (QED) is 0.839. The molecule has 1 aromatic carbocycles. The van der Waals surface area contributed by atoms with Gasteiger partial charge in [-0.25, -0.2) is 0 Å². The van der Waals surface area contributed by atoms with Crippen LogP contribution in [0, 0.1) is 5.92 Å². The minimum atomic E-state index is -0.571. The summed E-state index contributed by atoms with van der Waals surface area (Å²) >= 11 is 11.8. The zero-order valence-electron chi connectivity index (χ0n) is 12.4. The van der Waals surface area contributed by atoms with Gasteiger partial charge >= 0.3 is 0 Å². The van der Waals surface area contributed by atoms with Crippen molar-refractivity contribution in [2.24, 2.45) is 5.92 Å². The Labute approximate surface area is 147 Å². The molecule has 124 valence electrons. The molecule has 1 amide bonds. The summed E-state index contributed by atoms with van der Waals surface area (Å²) < 4.78 is 5.58. The first kappa shape index (κ1) is 19.4. The Morgan fingerprint density at radius 2 is 2.23 bits per heavy atom. The summed E-state index contributed by atoms with van der Waals surface area (Å²) in [5.74, 6) is 0.915. The third-order valence-electron chi connectivity index (χ3n) is 3.54. The number of rotatable bonds is 5. The number of hydrogen-bond acceptors (Lipinski definition) is 3. The van der Waals surface area contributed by atoms with Gasteiger partial charge in [0.25, 0.3) is 5.91 Å². The second-order valence-corrected chi connectivity index (χ2v) is 6.11. The predicted molar refractivity (Wildman–Crippen MR) is 92.4 cm³/mol. The van der Waals surface area contributed by atoms with Gasteiger partial charge in [-0.15, -0.1) is 12.4 Å². The summed E-state index contributed by atoms with van der Waals surface area (Å²) in [6.07, 6.45) is 1.74. The zero-order valence-corrected chi connectivity index (χ0v) is 14.7. The summed E-state index contributed by atoms with van der Waals surface area (Å²) in [4.78, 5) is 12.0. The van der Waals surface area contributed by atoms with Crippen LogP contribution in [0.4, 0.5) is 0 Å². The maximum absolute atomic E-state index is 12.0. The van der Waals surface area contributed by atoms with E-state index in [0.29, 0.717) is 28.3 Å². The Morgan fingerprint density at radius 3 is 2.86 bits per heavy atom. The van der Waals surface area contributed by atoms with Crippen LogP contribution in [-0.4, -0.2) is 31.6 Å². The lowest BCUT2D eigenvalue weighted by molar-refractivity contribution is -0.127. The highest BCUT2D eigenvalue weighted by Crippen LogP contribution is 2.26. The van der Waals surface area contributed by atoms with Crippen molar-refractivity contribution >= 4 is 41.5 Å². The molecular formula is C15H21Cl3N2O2. The fraction of sp³-hybridized carbons (Fsp3) is 0.533. The van der Waals surface area contributed by atoms with Crippen LogP contribution in [0.3, 0.4) is 0 Å². The molecule has 2 N–H and O–H groups in total. The Balaban J connectivity index is 0.00000242. The first-order valence-corrected chi connectivity index (χ1v) is 7.92. The number of carbonyl (C=O) groups excluding carboxylic acids is 1. The second kappa shape index (κ2) is 9.46. The largest absolute Gasteiger partial charge is 0.481 e. The Hall–Kier alpha value is -0.680. The van der Waals surface area contributed by atoms with Gasteiger partial charge in [0.15, 0.2) is 6.10 Å². The van der Waals surface area contributed by atoms with Crippen LogP contribution in [0.5, 0.6) is 5.75 Å². The highest BCUT2D eigenvalue weighted by molar-refractivity contribution is 6.42. The maximum atomic E-state index is 12.0. The molecule has 2 unspecified atom stereocenters. The number of piperidine rings is 1. The molecule has 1 fully saturated rings. The molecule has 7 heteroatoms. The van der Waals surface area contributed by atoms with Crippen molar-refractivity contribution in [2.75, 3.05) is 19.6 Å². The molecule has 0 saturated carbocycles. The summed E-state index contributed by atoms with van der Waals surface area (Å²) in [7, 11) is 0. The van der Waals surface area contributed by atoms with Crippen molar-refractivity contribution in [2.45, 2.75) is 25.9 Å². The molecule has 0 spiro atoms.